The van der Waals surface area contributed by atoms with Crippen molar-refractivity contribution in [2.24, 2.45) is 16.7 Å². The number of rotatable bonds is 13. The SMILES string of the molecule is C=CC=CC(=C)OC1C2C3(OC(=C)C)COC3CC(O)C2(C)C(=O)C(OC(C)=O)C2=C(C)C(OC(=O)C(O)C(NC(=O)c3ccccc3)c3ccccc3)CC1(O)C2(C)C. The Morgan fingerprint density at radius 3 is 2.18 bits per heavy atom. The van der Waals surface area contributed by atoms with Gasteiger partial charge in [0.25, 0.3) is 5.91 Å². The standard InChI is InChI=1S/C47H55NO12/c1-10-11-18-27(4)57-41-39-45(9,33(50)23-34-46(39,25-56-34)60-26(2)3)40(52)38(58-29(6)49)35-28(5)32(24-47(41,55)44(35,7)8)59-43(54)37(51)36(30-19-14-12-15-20-30)48-42(53)31-21-16-13-17-22-31/h10-22,32-34,36-39,41,50-51,55H,1-2,4,23-25H2,3,5-9H3,(H,48,53). The van der Waals surface area contributed by atoms with Gasteiger partial charge in [0.05, 0.1) is 35.8 Å². The first kappa shape index (κ1) is 44.2. The van der Waals surface area contributed by atoms with Gasteiger partial charge >= 0.3 is 11.9 Å². The molecule has 0 spiro atoms. The van der Waals surface area contributed by atoms with E-state index in [9.17, 15) is 29.7 Å². The second kappa shape index (κ2) is 16.6. The van der Waals surface area contributed by atoms with Crippen LogP contribution < -0.4 is 5.32 Å². The molecule has 11 unspecified atom stereocenters. The van der Waals surface area contributed by atoms with Gasteiger partial charge in [-0.3, -0.25) is 14.4 Å². The van der Waals surface area contributed by atoms with Gasteiger partial charge in [0.1, 0.15) is 29.7 Å². The molecular formula is C47H55NO12. The van der Waals surface area contributed by atoms with E-state index < -0.39 is 94.2 Å². The van der Waals surface area contributed by atoms with Gasteiger partial charge < -0.3 is 44.3 Å². The number of Topliss-reactive ketones (excluding diaryl/α,β-unsaturated/α-hetero) is 1. The van der Waals surface area contributed by atoms with Crippen LogP contribution in [0.1, 0.15) is 76.3 Å². The van der Waals surface area contributed by atoms with Crippen molar-refractivity contribution in [1.29, 1.82) is 0 Å². The fourth-order valence-electron chi connectivity index (χ4n) is 9.86. The van der Waals surface area contributed by atoms with Crippen molar-refractivity contribution < 1.29 is 58.2 Å². The monoisotopic (exact) mass is 825 g/mol. The van der Waals surface area contributed by atoms with Crippen LogP contribution in [0.3, 0.4) is 0 Å². The van der Waals surface area contributed by atoms with E-state index in [1.54, 1.807) is 101 Å². The molecule has 2 bridgehead atoms. The van der Waals surface area contributed by atoms with Crippen LogP contribution in [0, 0.1) is 16.7 Å². The number of benzene rings is 2. The van der Waals surface area contributed by atoms with Gasteiger partial charge in [-0.25, -0.2) is 4.79 Å². The van der Waals surface area contributed by atoms with Gasteiger partial charge in [-0.15, -0.1) is 0 Å². The maximum absolute atomic E-state index is 15.5. The molecule has 320 valence electrons. The largest absolute Gasteiger partial charge is 0.488 e. The zero-order chi connectivity index (χ0) is 43.9. The van der Waals surface area contributed by atoms with E-state index in [1.807, 2.05) is 0 Å². The Bertz CT molecular complexity index is 2110. The number of carbonyl (C=O) groups is 4. The number of nitrogens with one attached hydrogen (secondary N) is 1. The number of allylic oxidation sites excluding steroid dienone is 4. The van der Waals surface area contributed by atoms with E-state index in [4.69, 9.17) is 23.7 Å². The van der Waals surface area contributed by atoms with Crippen LogP contribution in [0.15, 0.2) is 121 Å². The van der Waals surface area contributed by atoms with Gasteiger partial charge in [-0.2, -0.15) is 0 Å². The Kier molecular flexibility index (Phi) is 12.2. The fraction of sp³-hybridized carbons (Fsp3) is 0.447. The lowest BCUT2D eigenvalue weighted by atomic mass is 9.44. The Balaban J connectivity index is 1.52. The maximum atomic E-state index is 15.5. The van der Waals surface area contributed by atoms with Crippen molar-refractivity contribution in [3.05, 3.63) is 132 Å². The van der Waals surface area contributed by atoms with Crippen molar-refractivity contribution in [2.45, 2.75) is 108 Å². The molecule has 13 nitrogen and oxygen atoms in total. The molecule has 4 N–H and O–H groups in total. The molecule has 1 aliphatic heterocycles. The maximum Gasteiger partial charge on any atom is 0.338 e. The quantitative estimate of drug-likeness (QED) is 0.0904. The van der Waals surface area contributed by atoms with E-state index in [0.29, 0.717) is 11.1 Å². The molecular weight excluding hydrogens is 771 g/mol. The minimum absolute atomic E-state index is 0.0375. The second-order valence-corrected chi connectivity index (χ2v) is 17.0. The highest BCUT2D eigenvalue weighted by atomic mass is 16.6. The number of carbonyl (C=O) groups excluding carboxylic acids is 4. The highest BCUT2D eigenvalue weighted by Gasteiger charge is 2.78. The lowest BCUT2D eigenvalue weighted by Gasteiger charge is -2.68. The molecule has 1 heterocycles. The summed E-state index contributed by atoms with van der Waals surface area (Å²) in [6.45, 7) is 21.0. The van der Waals surface area contributed by atoms with Gasteiger partial charge in [0, 0.05) is 30.7 Å². The molecule has 2 aromatic rings. The first-order valence-corrected chi connectivity index (χ1v) is 20.0. The summed E-state index contributed by atoms with van der Waals surface area (Å²) in [5.41, 5.74) is -5.77. The topological polar surface area (TPSA) is 187 Å². The number of esters is 2. The second-order valence-electron chi connectivity index (χ2n) is 17.0. The van der Waals surface area contributed by atoms with E-state index in [-0.39, 0.29) is 42.1 Å². The van der Waals surface area contributed by atoms with Crippen molar-refractivity contribution in [1.82, 2.24) is 5.32 Å². The van der Waals surface area contributed by atoms with Crippen LogP contribution in [0.5, 0.6) is 0 Å². The third-order valence-corrected chi connectivity index (χ3v) is 13.0. The molecule has 2 saturated carbocycles. The molecule has 0 aromatic heterocycles. The van der Waals surface area contributed by atoms with Crippen LogP contribution >= 0.6 is 0 Å². The number of amides is 1. The molecule has 1 amide bonds. The fourth-order valence-corrected chi connectivity index (χ4v) is 9.86. The van der Waals surface area contributed by atoms with E-state index in [1.165, 1.54) is 12.2 Å². The molecule has 2 aromatic carbocycles. The first-order chi connectivity index (χ1) is 28.2. The predicted molar refractivity (Wildman–Crippen MR) is 220 cm³/mol. The highest BCUT2D eigenvalue weighted by Crippen LogP contribution is 2.64. The van der Waals surface area contributed by atoms with E-state index in [2.05, 4.69) is 25.1 Å². The minimum Gasteiger partial charge on any atom is -0.488 e. The van der Waals surface area contributed by atoms with E-state index in [0.717, 1.165) is 6.92 Å². The summed E-state index contributed by atoms with van der Waals surface area (Å²) in [4.78, 5) is 56.2. The normalized spacial score (nSPS) is 32.6. The summed E-state index contributed by atoms with van der Waals surface area (Å²) in [5, 5.41) is 40.3. The first-order valence-electron chi connectivity index (χ1n) is 20.0. The summed E-state index contributed by atoms with van der Waals surface area (Å²) >= 11 is 0. The summed E-state index contributed by atoms with van der Waals surface area (Å²) in [7, 11) is 0. The van der Waals surface area contributed by atoms with Crippen molar-refractivity contribution in [3.63, 3.8) is 0 Å². The summed E-state index contributed by atoms with van der Waals surface area (Å²) in [6, 6.07) is 15.4. The molecule has 4 aliphatic rings. The Morgan fingerprint density at radius 1 is 0.983 bits per heavy atom. The van der Waals surface area contributed by atoms with Gasteiger partial charge in [-0.1, -0.05) is 94.3 Å². The van der Waals surface area contributed by atoms with Crippen LogP contribution in [0.25, 0.3) is 0 Å². The molecule has 60 heavy (non-hydrogen) atoms. The number of aliphatic hydroxyl groups is 3. The van der Waals surface area contributed by atoms with Crippen LogP contribution in [-0.2, 0) is 38.1 Å². The molecule has 6 rings (SSSR count). The Hall–Kier alpha value is -5.34. The minimum atomic E-state index is -2.14. The predicted octanol–water partition coefficient (Wildman–Crippen LogP) is 5.14. The number of ether oxygens (including phenoxy) is 5. The van der Waals surface area contributed by atoms with Crippen molar-refractivity contribution in [2.75, 3.05) is 6.61 Å². The lowest BCUT2D eigenvalue weighted by molar-refractivity contribution is -0.349. The summed E-state index contributed by atoms with van der Waals surface area (Å²) < 4.78 is 31.3. The molecule has 3 aliphatic carbocycles. The number of hydrogen-bond acceptors (Lipinski definition) is 12. The lowest BCUT2D eigenvalue weighted by Crippen LogP contribution is -2.81. The van der Waals surface area contributed by atoms with Crippen LogP contribution in [0.4, 0.5) is 0 Å². The number of ketones is 1. The van der Waals surface area contributed by atoms with Crippen LogP contribution in [-0.4, -0.2) is 93.4 Å². The average molecular weight is 826 g/mol. The molecule has 1 saturated heterocycles. The smallest absolute Gasteiger partial charge is 0.338 e. The van der Waals surface area contributed by atoms with Crippen molar-refractivity contribution in [3.8, 4) is 0 Å². The van der Waals surface area contributed by atoms with Gasteiger partial charge in [-0.05, 0) is 55.7 Å². The molecule has 3 fully saturated rings. The van der Waals surface area contributed by atoms with E-state index >= 15 is 4.79 Å². The molecule has 13 heteroatoms. The zero-order valence-electron chi connectivity index (χ0n) is 34.9. The Morgan fingerprint density at radius 2 is 1.62 bits per heavy atom. The molecule has 0 radical (unpaired) electrons. The third-order valence-electron chi connectivity index (χ3n) is 13.0. The van der Waals surface area contributed by atoms with Crippen molar-refractivity contribution >= 4 is 23.6 Å². The molecule has 11 atom stereocenters. The highest BCUT2D eigenvalue weighted by molar-refractivity contribution is 5.96. The van der Waals surface area contributed by atoms with Crippen LogP contribution in [0.2, 0.25) is 0 Å². The summed E-state index contributed by atoms with van der Waals surface area (Å²) in [5.74, 6) is -4.12. The average Bonchev–Trinajstić information content (AvgIpc) is 3.20. The van der Waals surface area contributed by atoms with Gasteiger partial charge in [0.2, 0.25) is 0 Å². The van der Waals surface area contributed by atoms with Gasteiger partial charge in [0.15, 0.2) is 23.6 Å². The number of hydrogen-bond donors (Lipinski definition) is 4. The number of fused-ring (bicyclic) bond motifs is 5. The summed E-state index contributed by atoms with van der Waals surface area (Å²) in [6.07, 6.45) is -4.46. The Labute approximate surface area is 350 Å². The number of aliphatic hydroxyl groups excluding tert-OH is 2. The third kappa shape index (κ3) is 7.42. The zero-order valence-corrected chi connectivity index (χ0v) is 34.9.